The van der Waals surface area contributed by atoms with Crippen molar-refractivity contribution in [1.82, 2.24) is 0 Å². The lowest BCUT2D eigenvalue weighted by Gasteiger charge is -2.28. The molecule has 0 radical (unpaired) electrons. The Hall–Kier alpha value is -2.50. The van der Waals surface area contributed by atoms with Crippen molar-refractivity contribution in [3.8, 4) is 0 Å². The molecule has 2 rings (SSSR count). The van der Waals surface area contributed by atoms with Gasteiger partial charge in [0, 0.05) is 37.2 Å². The maximum Gasteiger partial charge on any atom is 0.314 e. The van der Waals surface area contributed by atoms with Gasteiger partial charge in [0.05, 0.1) is 12.8 Å². The fraction of sp³-hybridized carbons (Fsp3) is 0.444. The maximum absolute atomic E-state index is 12.4. The number of Topliss-reactive ketones (excluding diaryl/α,β-unsaturated/α-hetero) is 2. The van der Waals surface area contributed by atoms with Gasteiger partial charge in [0.15, 0.2) is 0 Å². The second-order valence-electron chi connectivity index (χ2n) is 5.80. The molecule has 24 heavy (non-hydrogen) atoms. The lowest BCUT2D eigenvalue weighted by molar-refractivity contribution is -0.143. The van der Waals surface area contributed by atoms with Crippen LogP contribution in [-0.2, 0) is 14.3 Å². The molecule has 1 saturated heterocycles. The van der Waals surface area contributed by atoms with Crippen molar-refractivity contribution >= 4 is 28.9 Å². The number of carbonyl (C=O) groups is 3. The summed E-state index contributed by atoms with van der Waals surface area (Å²) in [5.74, 6) is -1.59. The van der Waals surface area contributed by atoms with E-state index in [-0.39, 0.29) is 11.5 Å². The Morgan fingerprint density at radius 1 is 1.21 bits per heavy atom. The Kier molecular flexibility index (Phi) is 5.84. The third-order valence-electron chi connectivity index (χ3n) is 4.30. The Labute approximate surface area is 141 Å². The predicted octanol–water partition coefficient (Wildman–Crippen LogP) is 2.26. The monoisotopic (exact) mass is 330 g/mol. The number of carbonyl (C=O) groups excluding carboxylic acids is 3. The first-order valence-electron chi connectivity index (χ1n) is 8.05. The fourth-order valence-corrected chi connectivity index (χ4v) is 2.78. The van der Waals surface area contributed by atoms with Crippen LogP contribution in [0, 0.1) is 11.3 Å². The van der Waals surface area contributed by atoms with Gasteiger partial charge in [0.25, 0.3) is 0 Å². The molecular weight excluding hydrogens is 308 g/mol. The molecule has 1 aliphatic heterocycles. The molecule has 0 unspecified atom stereocenters. The van der Waals surface area contributed by atoms with Crippen molar-refractivity contribution in [1.29, 1.82) is 5.41 Å². The van der Waals surface area contributed by atoms with Crippen molar-refractivity contribution < 1.29 is 19.1 Å². The molecule has 6 nitrogen and oxygen atoms in total. The summed E-state index contributed by atoms with van der Waals surface area (Å²) in [5, 5.41) is 8.00. The van der Waals surface area contributed by atoms with E-state index in [2.05, 4.69) is 9.64 Å². The van der Waals surface area contributed by atoms with E-state index in [4.69, 9.17) is 5.41 Å². The van der Waals surface area contributed by atoms with Crippen LogP contribution in [0.5, 0.6) is 0 Å². The largest absolute Gasteiger partial charge is 0.469 e. The summed E-state index contributed by atoms with van der Waals surface area (Å²) in [6, 6.07) is 6.95. The molecule has 0 aliphatic carbocycles. The van der Waals surface area contributed by atoms with Crippen molar-refractivity contribution in [2.24, 2.45) is 5.92 Å². The molecule has 0 amide bonds. The number of esters is 1. The van der Waals surface area contributed by atoms with Crippen LogP contribution in [-0.4, -0.2) is 43.4 Å². The highest BCUT2D eigenvalue weighted by molar-refractivity contribution is 6.47. The molecule has 128 valence electrons. The smallest absolute Gasteiger partial charge is 0.314 e. The van der Waals surface area contributed by atoms with Crippen LogP contribution >= 0.6 is 0 Å². The van der Waals surface area contributed by atoms with Gasteiger partial charge < -0.3 is 15.0 Å². The molecule has 0 aromatic heterocycles. The number of nitrogens with one attached hydrogen (secondary N) is 1. The van der Waals surface area contributed by atoms with Crippen LogP contribution in [0.2, 0.25) is 0 Å². The van der Waals surface area contributed by atoms with Gasteiger partial charge in [-0.25, -0.2) is 0 Å². The van der Waals surface area contributed by atoms with Gasteiger partial charge >= 0.3 is 5.97 Å². The van der Waals surface area contributed by atoms with E-state index < -0.39 is 17.7 Å². The van der Waals surface area contributed by atoms with Gasteiger partial charge in [0.2, 0.25) is 5.78 Å². The Balaban J connectivity index is 2.09. The minimum absolute atomic E-state index is 0.249. The molecule has 1 aromatic carbocycles. The summed E-state index contributed by atoms with van der Waals surface area (Å²) in [6.45, 7) is 3.11. The minimum atomic E-state index is -0.838. The van der Waals surface area contributed by atoms with Crippen molar-refractivity contribution in [2.45, 2.75) is 26.2 Å². The Bertz CT molecular complexity index is 641. The zero-order valence-electron chi connectivity index (χ0n) is 14.0. The number of nitrogens with zero attached hydrogens (tertiary/aromatic N) is 1. The standard InChI is InChI=1S/C18H22N2O4/c1-3-15(18(23)24-2)16(19)17(22)12-4-6-13(7-5-12)20-10-8-14(21)9-11-20/h4-7,15,19H,3,8-11H2,1-2H3/t15-/m0/s1. The van der Waals surface area contributed by atoms with Crippen LogP contribution in [0.15, 0.2) is 24.3 Å². The Morgan fingerprint density at radius 2 is 1.79 bits per heavy atom. The van der Waals surface area contributed by atoms with E-state index in [0.29, 0.717) is 37.9 Å². The molecule has 1 aliphatic rings. The Morgan fingerprint density at radius 3 is 2.29 bits per heavy atom. The second kappa shape index (κ2) is 7.86. The van der Waals surface area contributed by atoms with Gasteiger partial charge in [-0.05, 0) is 30.7 Å². The number of rotatable bonds is 6. The summed E-state index contributed by atoms with van der Waals surface area (Å²) in [7, 11) is 1.25. The third-order valence-corrected chi connectivity index (χ3v) is 4.30. The highest BCUT2D eigenvalue weighted by Crippen LogP contribution is 2.20. The second-order valence-corrected chi connectivity index (χ2v) is 5.80. The predicted molar refractivity (Wildman–Crippen MR) is 90.8 cm³/mol. The van der Waals surface area contributed by atoms with Crippen molar-refractivity contribution in [3.05, 3.63) is 29.8 Å². The van der Waals surface area contributed by atoms with E-state index in [0.717, 1.165) is 5.69 Å². The van der Waals surface area contributed by atoms with E-state index in [1.807, 2.05) is 12.1 Å². The highest BCUT2D eigenvalue weighted by atomic mass is 16.5. The van der Waals surface area contributed by atoms with E-state index in [1.165, 1.54) is 7.11 Å². The SMILES string of the molecule is CC[C@@H](C(=N)C(=O)c1ccc(N2CCC(=O)CC2)cc1)C(=O)OC. The van der Waals surface area contributed by atoms with Crippen LogP contribution in [0.25, 0.3) is 0 Å². The zero-order chi connectivity index (χ0) is 17.7. The molecule has 1 fully saturated rings. The van der Waals surface area contributed by atoms with Crippen molar-refractivity contribution in [2.75, 3.05) is 25.1 Å². The maximum atomic E-state index is 12.4. The summed E-state index contributed by atoms with van der Waals surface area (Å²) < 4.78 is 4.65. The van der Waals surface area contributed by atoms with Gasteiger partial charge in [0.1, 0.15) is 11.7 Å². The first kappa shape index (κ1) is 17.8. The van der Waals surface area contributed by atoms with Gasteiger partial charge in [-0.3, -0.25) is 14.4 Å². The number of anilines is 1. The average molecular weight is 330 g/mol. The molecule has 1 aromatic rings. The quantitative estimate of drug-likeness (QED) is 0.491. The number of piperidine rings is 1. The van der Waals surface area contributed by atoms with E-state index in [1.54, 1.807) is 19.1 Å². The number of hydrogen-bond donors (Lipinski definition) is 1. The van der Waals surface area contributed by atoms with E-state index >= 15 is 0 Å². The van der Waals surface area contributed by atoms with Crippen LogP contribution in [0.1, 0.15) is 36.5 Å². The summed E-state index contributed by atoms with van der Waals surface area (Å²) in [4.78, 5) is 37.5. The molecule has 6 heteroatoms. The van der Waals surface area contributed by atoms with Crippen LogP contribution in [0.3, 0.4) is 0 Å². The molecule has 0 spiro atoms. The van der Waals surface area contributed by atoms with E-state index in [9.17, 15) is 14.4 Å². The summed E-state index contributed by atoms with van der Waals surface area (Å²) >= 11 is 0. The lowest BCUT2D eigenvalue weighted by atomic mass is 9.93. The lowest BCUT2D eigenvalue weighted by Crippen LogP contribution is -2.33. The topological polar surface area (TPSA) is 87.5 Å². The summed E-state index contributed by atoms with van der Waals surface area (Å²) in [5.41, 5.74) is 1.07. The first-order chi connectivity index (χ1) is 11.5. The third kappa shape index (κ3) is 3.88. The number of hydrogen-bond acceptors (Lipinski definition) is 6. The molecule has 1 N–H and O–H groups in total. The molecule has 1 heterocycles. The van der Waals surface area contributed by atoms with Crippen LogP contribution < -0.4 is 4.90 Å². The average Bonchev–Trinajstić information content (AvgIpc) is 2.62. The number of ketones is 2. The normalized spacial score (nSPS) is 15.8. The zero-order valence-corrected chi connectivity index (χ0v) is 14.0. The van der Waals surface area contributed by atoms with Gasteiger partial charge in [-0.2, -0.15) is 0 Å². The summed E-state index contributed by atoms with van der Waals surface area (Å²) in [6.07, 6.45) is 1.43. The molecular formula is C18H22N2O4. The first-order valence-corrected chi connectivity index (χ1v) is 8.05. The van der Waals surface area contributed by atoms with Gasteiger partial charge in [-0.15, -0.1) is 0 Å². The number of benzene rings is 1. The highest BCUT2D eigenvalue weighted by Gasteiger charge is 2.28. The molecule has 0 saturated carbocycles. The fourth-order valence-electron chi connectivity index (χ4n) is 2.78. The molecule has 0 bridgehead atoms. The number of ether oxygens (including phenoxy) is 1. The number of methoxy groups -OCH3 is 1. The van der Waals surface area contributed by atoms with Crippen molar-refractivity contribution in [3.63, 3.8) is 0 Å². The molecule has 1 atom stereocenters. The van der Waals surface area contributed by atoms with Gasteiger partial charge in [-0.1, -0.05) is 6.92 Å². The van der Waals surface area contributed by atoms with Crippen LogP contribution in [0.4, 0.5) is 5.69 Å². The minimum Gasteiger partial charge on any atom is -0.469 e.